The van der Waals surface area contributed by atoms with E-state index in [2.05, 4.69) is 0 Å². The molecule has 0 unspecified atom stereocenters. The summed E-state index contributed by atoms with van der Waals surface area (Å²) < 4.78 is 0.187. The molecule has 0 fully saturated rings. The highest BCUT2D eigenvalue weighted by molar-refractivity contribution is 7.20. The third-order valence-electron chi connectivity index (χ3n) is 5.12. The Morgan fingerprint density at radius 1 is 1.03 bits per heavy atom. The highest BCUT2D eigenvalue weighted by atomic mass is 35.5. The molecule has 3 aromatic rings. The lowest BCUT2D eigenvalue weighted by Gasteiger charge is -2.20. The number of benzene rings is 2. The fraction of sp³-hybridized carbons (Fsp3) is 0.0909. The van der Waals surface area contributed by atoms with Crippen molar-refractivity contribution < 1.29 is 24.1 Å². The number of para-hydroxylation sites is 1. The summed E-state index contributed by atoms with van der Waals surface area (Å²) in [7, 11) is 1.37. The second kappa shape index (κ2) is 8.57. The van der Waals surface area contributed by atoms with E-state index < -0.39 is 35.0 Å². The molecule has 1 aliphatic rings. The van der Waals surface area contributed by atoms with Crippen LogP contribution in [0.25, 0.3) is 0 Å². The van der Waals surface area contributed by atoms with Crippen molar-refractivity contribution in [3.05, 3.63) is 91.3 Å². The Bertz CT molecular complexity index is 1320. The first-order valence-electron chi connectivity index (χ1n) is 9.50. The van der Waals surface area contributed by atoms with Gasteiger partial charge in [-0.25, -0.2) is 0 Å². The minimum absolute atomic E-state index is 0.00230. The molecule has 11 heteroatoms. The van der Waals surface area contributed by atoms with Crippen LogP contribution in [-0.2, 0) is 4.79 Å². The zero-order valence-corrected chi connectivity index (χ0v) is 18.6. The van der Waals surface area contributed by atoms with Gasteiger partial charge in [-0.2, -0.15) is 0 Å². The quantitative estimate of drug-likeness (QED) is 0.228. The summed E-state index contributed by atoms with van der Waals surface area (Å²) >= 11 is 7.03. The maximum absolute atomic E-state index is 13.1. The number of hydrogen-bond acceptors (Lipinski definition) is 7. The standard InChI is InChI=1S/C22H14ClN3O6S/c1-24(18(27)11-25-20(29)12-6-2-3-7-13(12)21(25)30)22-15(10-17(23)33-22)19(28)14-8-4-5-9-16(14)26(31)32/h2-10H,11H2,1H3. The van der Waals surface area contributed by atoms with E-state index in [1.165, 1.54) is 49.5 Å². The summed E-state index contributed by atoms with van der Waals surface area (Å²) in [5.41, 5.74) is -0.110. The van der Waals surface area contributed by atoms with E-state index in [4.69, 9.17) is 11.6 Å². The molecule has 3 amide bonds. The number of halogens is 1. The molecule has 2 heterocycles. The number of nitro groups is 1. The van der Waals surface area contributed by atoms with Crippen molar-refractivity contribution >= 4 is 57.1 Å². The van der Waals surface area contributed by atoms with Crippen LogP contribution in [0, 0.1) is 10.1 Å². The van der Waals surface area contributed by atoms with Gasteiger partial charge in [-0.15, -0.1) is 11.3 Å². The summed E-state index contributed by atoms with van der Waals surface area (Å²) in [4.78, 5) is 63.8. The van der Waals surface area contributed by atoms with Crippen LogP contribution >= 0.6 is 22.9 Å². The van der Waals surface area contributed by atoms with Crippen molar-refractivity contribution in [2.45, 2.75) is 0 Å². The number of carbonyl (C=O) groups is 4. The molecule has 0 spiro atoms. The van der Waals surface area contributed by atoms with Gasteiger partial charge < -0.3 is 4.90 Å². The Kier molecular flexibility index (Phi) is 5.79. The fourth-order valence-electron chi connectivity index (χ4n) is 3.47. The summed E-state index contributed by atoms with van der Waals surface area (Å²) in [6.45, 7) is -0.544. The van der Waals surface area contributed by atoms with Crippen molar-refractivity contribution in [2.75, 3.05) is 18.5 Å². The van der Waals surface area contributed by atoms with E-state index in [9.17, 15) is 29.3 Å². The zero-order chi connectivity index (χ0) is 23.9. The molecule has 2 aromatic carbocycles. The lowest BCUT2D eigenvalue weighted by molar-refractivity contribution is -0.385. The Morgan fingerprint density at radius 2 is 1.61 bits per heavy atom. The first-order valence-corrected chi connectivity index (χ1v) is 10.7. The molecule has 4 rings (SSSR count). The predicted molar refractivity (Wildman–Crippen MR) is 121 cm³/mol. The fourth-order valence-corrected chi connectivity index (χ4v) is 4.66. The largest absolute Gasteiger partial charge is 0.305 e. The maximum Gasteiger partial charge on any atom is 0.280 e. The summed E-state index contributed by atoms with van der Waals surface area (Å²) in [5, 5.41) is 11.5. The van der Waals surface area contributed by atoms with Crippen molar-refractivity contribution in [3.63, 3.8) is 0 Å². The van der Waals surface area contributed by atoms with Gasteiger partial charge in [0.1, 0.15) is 17.1 Å². The van der Waals surface area contributed by atoms with E-state index in [0.29, 0.717) is 0 Å². The topological polar surface area (TPSA) is 118 Å². The van der Waals surface area contributed by atoms with E-state index in [1.54, 1.807) is 12.1 Å². The van der Waals surface area contributed by atoms with Crippen LogP contribution in [0.1, 0.15) is 36.6 Å². The third kappa shape index (κ3) is 3.90. The van der Waals surface area contributed by atoms with Gasteiger partial charge in [-0.3, -0.25) is 34.2 Å². The number of thiophene rings is 1. The molecule has 0 aliphatic carbocycles. The molecule has 0 saturated carbocycles. The van der Waals surface area contributed by atoms with Crippen molar-refractivity contribution in [3.8, 4) is 0 Å². The molecular formula is C22H14ClN3O6S. The maximum atomic E-state index is 13.1. The third-order valence-corrected chi connectivity index (χ3v) is 6.46. The number of rotatable bonds is 6. The van der Waals surface area contributed by atoms with Gasteiger partial charge in [0.05, 0.1) is 25.9 Å². The molecule has 0 N–H and O–H groups in total. The number of hydrogen-bond donors (Lipinski definition) is 0. The normalized spacial score (nSPS) is 12.6. The van der Waals surface area contributed by atoms with Crippen LogP contribution in [0.15, 0.2) is 54.6 Å². The highest BCUT2D eigenvalue weighted by Gasteiger charge is 2.37. The highest BCUT2D eigenvalue weighted by Crippen LogP contribution is 2.37. The average Bonchev–Trinajstić information content (AvgIpc) is 3.31. The number of likely N-dealkylation sites (N-methyl/N-ethyl adjacent to an activating group) is 1. The average molecular weight is 484 g/mol. The van der Waals surface area contributed by atoms with Crippen LogP contribution in [0.2, 0.25) is 4.34 Å². The van der Waals surface area contributed by atoms with Crippen LogP contribution in [-0.4, -0.2) is 46.9 Å². The molecular weight excluding hydrogens is 470 g/mol. The number of carbonyl (C=O) groups excluding carboxylic acids is 4. The predicted octanol–water partition coefficient (Wildman–Crippen LogP) is 3.80. The van der Waals surface area contributed by atoms with Gasteiger partial charge >= 0.3 is 0 Å². The van der Waals surface area contributed by atoms with Gasteiger partial charge in [-0.05, 0) is 24.3 Å². The summed E-state index contributed by atoms with van der Waals surface area (Å²) in [6.07, 6.45) is 0. The van der Waals surface area contributed by atoms with Gasteiger partial charge in [-0.1, -0.05) is 35.9 Å². The molecule has 1 aromatic heterocycles. The zero-order valence-electron chi connectivity index (χ0n) is 17.0. The number of ketones is 1. The van der Waals surface area contributed by atoms with Crippen LogP contribution < -0.4 is 4.90 Å². The first kappa shape index (κ1) is 22.3. The lowest BCUT2D eigenvalue weighted by Crippen LogP contribution is -2.41. The van der Waals surface area contributed by atoms with E-state index >= 15 is 0 Å². The SMILES string of the molecule is CN(C(=O)CN1C(=O)c2ccccc2C1=O)c1sc(Cl)cc1C(=O)c1ccccc1[N+](=O)[O-]. The summed E-state index contributed by atoms with van der Waals surface area (Å²) in [6, 6.07) is 13.0. The van der Waals surface area contributed by atoms with Gasteiger partial charge in [0.15, 0.2) is 0 Å². The second-order valence-electron chi connectivity index (χ2n) is 7.07. The number of nitro benzene ring substituents is 1. The molecule has 166 valence electrons. The number of imide groups is 1. The number of anilines is 1. The molecule has 0 saturated heterocycles. The smallest absolute Gasteiger partial charge is 0.280 e. The molecule has 33 heavy (non-hydrogen) atoms. The second-order valence-corrected chi connectivity index (χ2v) is 8.73. The Hall–Kier alpha value is -3.89. The minimum Gasteiger partial charge on any atom is -0.305 e. The van der Waals surface area contributed by atoms with Crippen molar-refractivity contribution in [1.82, 2.24) is 4.90 Å². The molecule has 9 nitrogen and oxygen atoms in total. The minimum atomic E-state index is -0.680. The van der Waals surface area contributed by atoms with Crippen molar-refractivity contribution in [1.29, 1.82) is 0 Å². The first-order chi connectivity index (χ1) is 15.7. The molecule has 0 atom stereocenters. The Labute approximate surface area is 195 Å². The van der Waals surface area contributed by atoms with E-state index in [0.717, 1.165) is 21.1 Å². The molecule has 0 radical (unpaired) electrons. The molecule has 0 bridgehead atoms. The lowest BCUT2D eigenvalue weighted by atomic mass is 10.0. The van der Waals surface area contributed by atoms with Crippen molar-refractivity contribution in [2.24, 2.45) is 0 Å². The van der Waals surface area contributed by atoms with Gasteiger partial charge in [0.25, 0.3) is 17.5 Å². The monoisotopic (exact) mass is 483 g/mol. The van der Waals surface area contributed by atoms with Crippen LogP contribution in [0.4, 0.5) is 10.7 Å². The number of nitrogens with zero attached hydrogens (tertiary/aromatic N) is 3. The van der Waals surface area contributed by atoms with Gasteiger partial charge in [0.2, 0.25) is 11.7 Å². The Morgan fingerprint density at radius 3 is 2.21 bits per heavy atom. The Balaban J connectivity index is 1.62. The van der Waals surface area contributed by atoms with Crippen LogP contribution in [0.5, 0.6) is 0 Å². The summed E-state index contributed by atoms with van der Waals surface area (Å²) in [5.74, 6) is -2.49. The van der Waals surface area contributed by atoms with Crippen LogP contribution in [0.3, 0.4) is 0 Å². The van der Waals surface area contributed by atoms with E-state index in [1.807, 2.05) is 0 Å². The number of fused-ring (bicyclic) bond motifs is 1. The van der Waals surface area contributed by atoms with Gasteiger partial charge in [0, 0.05) is 13.1 Å². The molecule has 1 aliphatic heterocycles. The number of amides is 3. The van der Waals surface area contributed by atoms with E-state index in [-0.39, 0.29) is 37.3 Å².